The van der Waals surface area contributed by atoms with E-state index in [0.29, 0.717) is 21.5 Å². The van der Waals surface area contributed by atoms with E-state index in [-0.39, 0.29) is 40.0 Å². The molecule has 0 spiro atoms. The zero-order valence-corrected chi connectivity index (χ0v) is 16.4. The van der Waals surface area contributed by atoms with Gasteiger partial charge in [-0.15, -0.1) is 0 Å². The van der Waals surface area contributed by atoms with Crippen LogP contribution in [0.25, 0.3) is 11.0 Å². The van der Waals surface area contributed by atoms with E-state index in [1.54, 1.807) is 12.1 Å². The average Bonchev–Trinajstić information content (AvgIpc) is 2.65. The van der Waals surface area contributed by atoms with E-state index in [4.69, 9.17) is 5.73 Å². The molecular formula is C18H24N4O4S. The third-order valence-electron chi connectivity index (χ3n) is 4.23. The Hall–Kier alpha value is -2.39. The molecule has 0 fully saturated rings. The summed E-state index contributed by atoms with van der Waals surface area (Å²) in [5.74, 6) is -0.0832. The molecule has 0 bridgehead atoms. The van der Waals surface area contributed by atoms with E-state index in [0.717, 1.165) is 0 Å². The van der Waals surface area contributed by atoms with Crippen LogP contribution in [0.2, 0.25) is 0 Å². The van der Waals surface area contributed by atoms with Crippen molar-refractivity contribution in [3.63, 3.8) is 0 Å². The van der Waals surface area contributed by atoms with Gasteiger partial charge in [-0.2, -0.15) is 11.8 Å². The molecular weight excluding hydrogens is 368 g/mol. The molecule has 0 aliphatic carbocycles. The Morgan fingerprint density at radius 1 is 1.33 bits per heavy atom. The van der Waals surface area contributed by atoms with Crippen LogP contribution in [-0.2, 0) is 4.79 Å². The Labute approximate surface area is 161 Å². The second-order valence-corrected chi connectivity index (χ2v) is 7.65. The average molecular weight is 392 g/mol. The van der Waals surface area contributed by atoms with E-state index in [9.17, 15) is 19.7 Å². The highest BCUT2D eigenvalue weighted by Gasteiger charge is 2.26. The summed E-state index contributed by atoms with van der Waals surface area (Å²) < 4.78 is 1.13. The molecule has 0 radical (unpaired) electrons. The van der Waals surface area contributed by atoms with Crippen molar-refractivity contribution in [1.29, 1.82) is 0 Å². The highest BCUT2D eigenvalue weighted by Crippen LogP contribution is 2.15. The number of para-hydroxylation sites is 2. The van der Waals surface area contributed by atoms with E-state index in [1.807, 2.05) is 13.8 Å². The first-order chi connectivity index (χ1) is 12.8. The minimum Gasteiger partial charge on any atom is -0.805 e. The van der Waals surface area contributed by atoms with Gasteiger partial charge in [0.05, 0.1) is 21.9 Å². The Kier molecular flexibility index (Phi) is 6.98. The van der Waals surface area contributed by atoms with Gasteiger partial charge in [0.25, 0.3) is 5.52 Å². The third kappa shape index (κ3) is 4.67. The first kappa shape index (κ1) is 20.9. The minimum atomic E-state index is -0.566. The number of hydrogen-bond acceptors (Lipinski definition) is 6. The zero-order chi connectivity index (χ0) is 20.1. The molecule has 0 aliphatic rings. The molecule has 1 heterocycles. The monoisotopic (exact) mass is 392 g/mol. The number of benzene rings is 1. The normalized spacial score (nSPS) is 12.3. The maximum atomic E-state index is 12.5. The molecule has 1 atom stereocenters. The summed E-state index contributed by atoms with van der Waals surface area (Å²) >= 11 is 1.28. The van der Waals surface area contributed by atoms with Crippen molar-refractivity contribution in [3.8, 4) is 0 Å². The maximum Gasteiger partial charge on any atom is 0.325 e. The molecule has 1 aromatic heterocycles. The molecule has 1 aromatic carbocycles. The number of Topliss-reactive ketones (excluding diaryl/α,β-unsaturated/α-hetero) is 1. The van der Waals surface area contributed by atoms with Crippen molar-refractivity contribution >= 4 is 34.5 Å². The second kappa shape index (κ2) is 9.01. The number of hydrogen-bond donors (Lipinski definition) is 2. The molecule has 8 nitrogen and oxygen atoms in total. The van der Waals surface area contributed by atoms with Crippen LogP contribution in [0.15, 0.2) is 24.3 Å². The van der Waals surface area contributed by atoms with Gasteiger partial charge in [-0.25, -0.2) is 0 Å². The molecule has 2 rings (SSSR count). The SMILES string of the molecule is Cc1c(C(=O)CSCCNC(=O)[C@@H](N)C(C)C)[n+](=O)c2ccccc2n1[O-]. The van der Waals surface area contributed by atoms with Gasteiger partial charge in [-0.1, -0.05) is 26.0 Å². The first-order valence-electron chi connectivity index (χ1n) is 8.64. The van der Waals surface area contributed by atoms with Crippen LogP contribution in [0, 0.1) is 23.0 Å². The zero-order valence-electron chi connectivity index (χ0n) is 15.6. The van der Waals surface area contributed by atoms with Gasteiger partial charge in [0, 0.05) is 23.3 Å². The van der Waals surface area contributed by atoms with Gasteiger partial charge >= 0.3 is 5.69 Å². The van der Waals surface area contributed by atoms with Gasteiger partial charge in [0.1, 0.15) is 5.52 Å². The van der Waals surface area contributed by atoms with E-state index < -0.39 is 11.8 Å². The largest absolute Gasteiger partial charge is 0.805 e. The Morgan fingerprint density at radius 2 is 2.00 bits per heavy atom. The van der Waals surface area contributed by atoms with Crippen LogP contribution >= 0.6 is 11.8 Å². The number of rotatable bonds is 8. The van der Waals surface area contributed by atoms with E-state index >= 15 is 0 Å². The van der Waals surface area contributed by atoms with Gasteiger partial charge < -0.3 is 21.0 Å². The third-order valence-corrected chi connectivity index (χ3v) is 5.19. The first-order valence-corrected chi connectivity index (χ1v) is 9.79. The summed E-state index contributed by atoms with van der Waals surface area (Å²) in [5.41, 5.74) is 6.05. The minimum absolute atomic E-state index is 0.0352. The van der Waals surface area contributed by atoms with Crippen LogP contribution in [0.1, 0.15) is 30.0 Å². The lowest BCUT2D eigenvalue weighted by Crippen LogP contribution is -2.44. The number of carbonyl (C=O) groups excluding carboxylic acids is 2. The van der Waals surface area contributed by atoms with Crippen molar-refractivity contribution in [2.24, 2.45) is 11.7 Å². The molecule has 0 unspecified atom stereocenters. The topological polar surface area (TPSA) is 123 Å². The van der Waals surface area contributed by atoms with Gasteiger partial charge in [-0.3, -0.25) is 9.59 Å². The summed E-state index contributed by atoms with van der Waals surface area (Å²) in [7, 11) is 0. The fraction of sp³-hybridized carbons (Fsp3) is 0.444. The molecule has 2 aromatic rings. The van der Waals surface area contributed by atoms with Crippen molar-refractivity contribution in [2.45, 2.75) is 26.8 Å². The van der Waals surface area contributed by atoms with Crippen molar-refractivity contribution in [3.05, 3.63) is 45.8 Å². The maximum absolute atomic E-state index is 12.5. The second-order valence-electron chi connectivity index (χ2n) is 6.55. The van der Waals surface area contributed by atoms with Gasteiger partial charge in [0.15, 0.2) is 0 Å². The molecule has 0 saturated carbocycles. The number of amides is 1. The standard InChI is InChI=1S/C18H24N4O4S/c1-11(2)16(19)18(24)20-8-9-27-10-15(23)17-12(3)21(25)13-6-4-5-7-14(13)22(17)26/h4-7,11,16H,8-10,19H2,1-3H3,(H,20,24)/t16-/m0/s1. The highest BCUT2D eigenvalue weighted by molar-refractivity contribution is 8.00. The van der Waals surface area contributed by atoms with Crippen molar-refractivity contribution in [1.82, 2.24) is 10.0 Å². The molecule has 9 heteroatoms. The number of nitrogens with two attached hydrogens (primary N) is 1. The Morgan fingerprint density at radius 3 is 2.67 bits per heavy atom. The lowest BCUT2D eigenvalue weighted by atomic mass is 10.1. The molecule has 0 saturated heterocycles. The number of fused-ring (bicyclic) bond motifs is 1. The quantitative estimate of drug-likeness (QED) is 0.396. The van der Waals surface area contributed by atoms with Gasteiger partial charge in [-0.05, 0) is 18.9 Å². The predicted octanol–water partition coefficient (Wildman–Crippen LogP) is 1.23. The van der Waals surface area contributed by atoms with Crippen LogP contribution in [0.5, 0.6) is 0 Å². The fourth-order valence-electron chi connectivity index (χ4n) is 2.57. The number of carbonyl (C=O) groups is 2. The number of nitrogens with zero attached hydrogens (tertiary/aromatic N) is 2. The van der Waals surface area contributed by atoms with E-state index in [1.165, 1.54) is 30.8 Å². The fourth-order valence-corrected chi connectivity index (χ4v) is 3.28. The molecule has 146 valence electrons. The lowest BCUT2D eigenvalue weighted by Gasteiger charge is -2.16. The summed E-state index contributed by atoms with van der Waals surface area (Å²) in [6.07, 6.45) is 0. The smallest absolute Gasteiger partial charge is 0.325 e. The number of aromatic nitrogens is 2. The van der Waals surface area contributed by atoms with Crippen LogP contribution in [0.4, 0.5) is 0 Å². The summed E-state index contributed by atoms with van der Waals surface area (Å²) in [5, 5.41) is 15.0. The highest BCUT2D eigenvalue weighted by atomic mass is 32.2. The van der Waals surface area contributed by atoms with Crippen LogP contribution < -0.4 is 15.5 Å². The van der Waals surface area contributed by atoms with Crippen molar-refractivity contribution in [2.75, 3.05) is 18.1 Å². The summed E-state index contributed by atoms with van der Waals surface area (Å²) in [6.45, 7) is 5.56. The summed E-state index contributed by atoms with van der Waals surface area (Å²) in [4.78, 5) is 36.8. The molecule has 3 N–H and O–H groups in total. The van der Waals surface area contributed by atoms with Gasteiger partial charge in [0.2, 0.25) is 11.7 Å². The predicted molar refractivity (Wildman–Crippen MR) is 106 cm³/mol. The molecule has 27 heavy (non-hydrogen) atoms. The Bertz CT molecular complexity index is 910. The number of ketones is 1. The summed E-state index contributed by atoms with van der Waals surface area (Å²) in [6, 6.07) is 5.78. The lowest BCUT2D eigenvalue weighted by molar-refractivity contribution is -0.468. The Balaban J connectivity index is 1.99. The van der Waals surface area contributed by atoms with Crippen molar-refractivity contribution < 1.29 is 14.0 Å². The van der Waals surface area contributed by atoms with Crippen LogP contribution in [-0.4, -0.2) is 40.5 Å². The van der Waals surface area contributed by atoms with Crippen LogP contribution in [0.3, 0.4) is 0 Å². The molecule has 0 aliphatic heterocycles. The number of nitrogens with one attached hydrogen (secondary N) is 1. The molecule has 1 amide bonds. The van der Waals surface area contributed by atoms with E-state index in [2.05, 4.69) is 5.32 Å². The number of thioether (sulfide) groups is 1.